The molecule has 2 rings (SSSR count). The maximum absolute atomic E-state index is 8.61. The van der Waals surface area contributed by atoms with E-state index < -0.39 is 0 Å². The molecular weight excluding hydrogens is 224 g/mol. The Morgan fingerprint density at radius 2 is 2.11 bits per heavy atom. The third-order valence-electron chi connectivity index (χ3n) is 2.85. The van der Waals surface area contributed by atoms with Crippen molar-refractivity contribution in [3.8, 4) is 6.07 Å². The van der Waals surface area contributed by atoms with Crippen molar-refractivity contribution < 1.29 is 0 Å². The van der Waals surface area contributed by atoms with Gasteiger partial charge in [0, 0.05) is 24.5 Å². The van der Waals surface area contributed by atoms with Gasteiger partial charge in [-0.2, -0.15) is 10.4 Å². The molecule has 1 aromatic carbocycles. The monoisotopic (exact) mass is 240 g/mol. The molecule has 0 amide bonds. The van der Waals surface area contributed by atoms with Crippen LogP contribution in [0.25, 0.3) is 0 Å². The minimum Gasteiger partial charge on any atom is -0.378 e. The van der Waals surface area contributed by atoms with Gasteiger partial charge in [-0.1, -0.05) is 12.1 Å². The Morgan fingerprint density at radius 3 is 2.67 bits per heavy atom. The van der Waals surface area contributed by atoms with Crippen molar-refractivity contribution >= 4 is 5.69 Å². The number of rotatable bonds is 4. The van der Waals surface area contributed by atoms with E-state index in [-0.39, 0.29) is 6.04 Å². The van der Waals surface area contributed by atoms with E-state index in [1.807, 2.05) is 43.7 Å². The Kier molecular flexibility index (Phi) is 3.63. The number of nitrogens with zero attached hydrogens (tertiary/aromatic N) is 3. The maximum atomic E-state index is 8.61. The maximum Gasteiger partial charge on any atom is 0.0669 e. The van der Waals surface area contributed by atoms with Crippen molar-refractivity contribution in [3.05, 3.63) is 47.8 Å². The van der Waals surface area contributed by atoms with Gasteiger partial charge in [0.2, 0.25) is 0 Å². The molecule has 92 valence electrons. The van der Waals surface area contributed by atoms with Gasteiger partial charge in [0.15, 0.2) is 0 Å². The zero-order chi connectivity index (χ0) is 13.0. The molecule has 0 radical (unpaired) electrons. The summed E-state index contributed by atoms with van der Waals surface area (Å²) in [5.41, 5.74) is 3.24. The number of hydrogen-bond acceptors (Lipinski definition) is 3. The van der Waals surface area contributed by atoms with Gasteiger partial charge in [0.25, 0.3) is 0 Å². The van der Waals surface area contributed by atoms with E-state index in [0.717, 1.165) is 16.8 Å². The number of hydrogen-bond donors (Lipinski definition) is 1. The van der Waals surface area contributed by atoms with Crippen LogP contribution in [0.2, 0.25) is 0 Å². The predicted molar refractivity (Wildman–Crippen MR) is 71.0 cm³/mol. The summed E-state index contributed by atoms with van der Waals surface area (Å²) in [6, 6.07) is 10.3. The highest BCUT2D eigenvalue weighted by Gasteiger charge is 2.06. The lowest BCUT2D eigenvalue weighted by molar-refractivity contribution is 0.765. The van der Waals surface area contributed by atoms with Gasteiger partial charge in [-0.05, 0) is 24.6 Å². The van der Waals surface area contributed by atoms with Crippen molar-refractivity contribution in [1.82, 2.24) is 9.78 Å². The van der Waals surface area contributed by atoms with Crippen LogP contribution in [0.3, 0.4) is 0 Å². The summed E-state index contributed by atoms with van der Waals surface area (Å²) in [7, 11) is 1.91. The van der Waals surface area contributed by atoms with Gasteiger partial charge < -0.3 is 5.32 Å². The van der Waals surface area contributed by atoms with Crippen molar-refractivity contribution in [3.63, 3.8) is 0 Å². The lowest BCUT2D eigenvalue weighted by Gasteiger charge is -2.13. The molecular formula is C14H16N4. The number of aryl methyl sites for hydroxylation is 1. The van der Waals surface area contributed by atoms with Crippen LogP contribution >= 0.6 is 0 Å². The fourth-order valence-corrected chi connectivity index (χ4v) is 1.81. The van der Waals surface area contributed by atoms with Crippen molar-refractivity contribution in [1.29, 1.82) is 5.26 Å². The van der Waals surface area contributed by atoms with Gasteiger partial charge in [-0.15, -0.1) is 0 Å². The van der Waals surface area contributed by atoms with Crippen LogP contribution in [-0.4, -0.2) is 9.78 Å². The van der Waals surface area contributed by atoms with Crippen molar-refractivity contribution in [2.24, 2.45) is 7.05 Å². The number of nitriles is 1. The van der Waals surface area contributed by atoms with Crippen LogP contribution in [0.1, 0.15) is 24.1 Å². The first-order valence-electron chi connectivity index (χ1n) is 5.90. The molecule has 0 bridgehead atoms. The largest absolute Gasteiger partial charge is 0.378 e. The summed E-state index contributed by atoms with van der Waals surface area (Å²) in [6.45, 7) is 2.10. The summed E-state index contributed by atoms with van der Waals surface area (Å²) >= 11 is 0. The molecule has 0 saturated heterocycles. The van der Waals surface area contributed by atoms with Gasteiger partial charge in [0.05, 0.1) is 24.7 Å². The normalized spacial score (nSPS) is 11.8. The topological polar surface area (TPSA) is 53.6 Å². The molecule has 1 atom stereocenters. The van der Waals surface area contributed by atoms with Crippen LogP contribution in [0.15, 0.2) is 36.7 Å². The molecule has 2 aromatic rings. The molecule has 1 N–H and O–H groups in total. The Hall–Kier alpha value is -2.28. The lowest BCUT2D eigenvalue weighted by atomic mass is 10.1. The average Bonchev–Trinajstić information content (AvgIpc) is 2.79. The minimum atomic E-state index is 0.209. The third-order valence-corrected chi connectivity index (χ3v) is 2.85. The Morgan fingerprint density at radius 1 is 1.39 bits per heavy atom. The van der Waals surface area contributed by atoms with Crippen LogP contribution < -0.4 is 5.32 Å². The van der Waals surface area contributed by atoms with Gasteiger partial charge in [-0.25, -0.2) is 0 Å². The number of anilines is 1. The Bertz CT molecular complexity index is 548. The molecule has 1 aromatic heterocycles. The molecule has 0 aliphatic heterocycles. The van der Waals surface area contributed by atoms with E-state index in [4.69, 9.17) is 5.26 Å². The summed E-state index contributed by atoms with van der Waals surface area (Å²) in [4.78, 5) is 0. The molecule has 4 nitrogen and oxygen atoms in total. The molecule has 0 spiro atoms. The molecule has 1 heterocycles. The summed E-state index contributed by atoms with van der Waals surface area (Å²) in [5, 5.41) is 16.2. The fraction of sp³-hybridized carbons (Fsp3) is 0.286. The molecule has 1 unspecified atom stereocenters. The average molecular weight is 240 g/mol. The molecule has 0 aliphatic rings. The number of aromatic nitrogens is 2. The van der Waals surface area contributed by atoms with Gasteiger partial charge >= 0.3 is 0 Å². The van der Waals surface area contributed by atoms with Crippen LogP contribution in [0, 0.1) is 11.3 Å². The molecule has 0 saturated carbocycles. The Labute approximate surface area is 107 Å². The first-order valence-corrected chi connectivity index (χ1v) is 5.90. The third kappa shape index (κ3) is 2.89. The van der Waals surface area contributed by atoms with Crippen LogP contribution in [0.5, 0.6) is 0 Å². The second-order valence-corrected chi connectivity index (χ2v) is 4.35. The van der Waals surface area contributed by atoms with E-state index in [1.54, 1.807) is 4.68 Å². The smallest absolute Gasteiger partial charge is 0.0669 e. The Balaban J connectivity index is 2.03. The number of nitrogens with one attached hydrogen (secondary N) is 1. The van der Waals surface area contributed by atoms with E-state index in [9.17, 15) is 0 Å². The van der Waals surface area contributed by atoms with Crippen LogP contribution in [0.4, 0.5) is 5.69 Å². The fourth-order valence-electron chi connectivity index (χ4n) is 1.81. The van der Waals surface area contributed by atoms with E-state index in [0.29, 0.717) is 6.42 Å². The predicted octanol–water partition coefficient (Wildman–Crippen LogP) is 2.66. The number of benzene rings is 1. The molecule has 0 fully saturated rings. The molecule has 4 heteroatoms. The second kappa shape index (κ2) is 5.37. The molecule has 18 heavy (non-hydrogen) atoms. The zero-order valence-electron chi connectivity index (χ0n) is 10.6. The van der Waals surface area contributed by atoms with E-state index in [2.05, 4.69) is 23.4 Å². The van der Waals surface area contributed by atoms with Crippen molar-refractivity contribution in [2.75, 3.05) is 5.32 Å². The zero-order valence-corrected chi connectivity index (χ0v) is 10.6. The van der Waals surface area contributed by atoms with E-state index >= 15 is 0 Å². The standard InChI is InChI=1S/C14H16N4/c1-11(13-9-16-18(2)10-13)17-14-5-3-12(4-6-14)7-8-15/h3-6,9-11,17H,7H2,1-2H3. The second-order valence-electron chi connectivity index (χ2n) is 4.35. The quantitative estimate of drug-likeness (QED) is 0.893. The van der Waals surface area contributed by atoms with Crippen LogP contribution in [-0.2, 0) is 13.5 Å². The lowest BCUT2D eigenvalue weighted by Crippen LogP contribution is -2.05. The van der Waals surface area contributed by atoms with Gasteiger partial charge in [0.1, 0.15) is 0 Å². The summed E-state index contributed by atoms with van der Waals surface area (Å²) < 4.78 is 1.80. The van der Waals surface area contributed by atoms with Crippen molar-refractivity contribution in [2.45, 2.75) is 19.4 Å². The molecule has 0 aliphatic carbocycles. The highest BCUT2D eigenvalue weighted by Crippen LogP contribution is 2.19. The summed E-state index contributed by atoms with van der Waals surface area (Å²) in [6.07, 6.45) is 4.32. The highest BCUT2D eigenvalue weighted by atomic mass is 15.2. The van der Waals surface area contributed by atoms with E-state index in [1.165, 1.54) is 0 Å². The first-order chi connectivity index (χ1) is 8.69. The SMILES string of the molecule is CC(Nc1ccc(CC#N)cc1)c1cnn(C)c1. The minimum absolute atomic E-state index is 0.209. The first kappa shape index (κ1) is 12.2. The highest BCUT2D eigenvalue weighted by molar-refractivity contribution is 5.46. The van der Waals surface area contributed by atoms with Gasteiger partial charge in [-0.3, -0.25) is 4.68 Å². The summed E-state index contributed by atoms with van der Waals surface area (Å²) in [5.74, 6) is 0.